The fourth-order valence-corrected chi connectivity index (χ4v) is 1.62. The molecule has 0 saturated carbocycles. The lowest BCUT2D eigenvalue weighted by Gasteiger charge is -2.12. The van der Waals surface area contributed by atoms with E-state index in [0.29, 0.717) is 5.56 Å². The number of hydrogen-bond acceptors (Lipinski definition) is 3. The number of likely N-dealkylation sites (N-methyl/N-ethyl adjacent to an activating group) is 1. The van der Waals surface area contributed by atoms with Crippen LogP contribution in [0.5, 0.6) is 0 Å². The van der Waals surface area contributed by atoms with Crippen LogP contribution in [0, 0.1) is 0 Å². The van der Waals surface area contributed by atoms with Crippen LogP contribution < -0.4 is 10.6 Å². The van der Waals surface area contributed by atoms with Gasteiger partial charge in [-0.2, -0.15) is 0 Å². The molecule has 0 radical (unpaired) electrons. The van der Waals surface area contributed by atoms with E-state index in [2.05, 4.69) is 10.6 Å². The SMILES string of the molecule is CN(C)C(=O)CNC(=O)NCc1ccccc1CC(=O)O. The summed E-state index contributed by atoms with van der Waals surface area (Å²) in [7, 11) is 3.20. The maximum absolute atomic E-state index is 11.6. The maximum Gasteiger partial charge on any atom is 0.315 e. The van der Waals surface area contributed by atoms with Crippen molar-refractivity contribution in [2.75, 3.05) is 20.6 Å². The Balaban J connectivity index is 2.50. The van der Waals surface area contributed by atoms with E-state index in [4.69, 9.17) is 5.11 Å². The van der Waals surface area contributed by atoms with Crippen LogP contribution in [0.3, 0.4) is 0 Å². The lowest BCUT2D eigenvalue weighted by molar-refractivity contribution is -0.136. The van der Waals surface area contributed by atoms with Crippen molar-refractivity contribution in [2.45, 2.75) is 13.0 Å². The Labute approximate surface area is 122 Å². The maximum atomic E-state index is 11.6. The highest BCUT2D eigenvalue weighted by Gasteiger charge is 2.09. The fraction of sp³-hybridized carbons (Fsp3) is 0.357. The van der Waals surface area contributed by atoms with Crippen LogP contribution in [0.1, 0.15) is 11.1 Å². The number of carbonyl (C=O) groups excluding carboxylic acids is 2. The second kappa shape index (κ2) is 7.88. The summed E-state index contributed by atoms with van der Waals surface area (Å²) in [5, 5.41) is 13.9. The molecule has 3 amide bonds. The van der Waals surface area contributed by atoms with Gasteiger partial charge in [-0.3, -0.25) is 9.59 Å². The van der Waals surface area contributed by atoms with Crippen molar-refractivity contribution in [1.82, 2.24) is 15.5 Å². The topological polar surface area (TPSA) is 98.7 Å². The molecule has 0 aliphatic carbocycles. The molecule has 0 heterocycles. The first-order valence-electron chi connectivity index (χ1n) is 6.40. The summed E-state index contributed by atoms with van der Waals surface area (Å²) in [5.41, 5.74) is 1.38. The molecule has 0 atom stereocenters. The number of urea groups is 1. The Kier molecular flexibility index (Phi) is 6.19. The number of hydrogen-bond donors (Lipinski definition) is 3. The van der Waals surface area contributed by atoms with E-state index in [9.17, 15) is 14.4 Å². The van der Waals surface area contributed by atoms with Gasteiger partial charge in [0, 0.05) is 20.6 Å². The highest BCUT2D eigenvalue weighted by Crippen LogP contribution is 2.09. The third-order valence-corrected chi connectivity index (χ3v) is 2.80. The highest BCUT2D eigenvalue weighted by molar-refractivity contribution is 5.83. The van der Waals surface area contributed by atoms with E-state index < -0.39 is 12.0 Å². The Hall–Kier alpha value is -2.57. The van der Waals surface area contributed by atoms with E-state index in [1.165, 1.54) is 4.90 Å². The summed E-state index contributed by atoms with van der Waals surface area (Å²) in [6.45, 7) is 0.112. The first-order valence-corrected chi connectivity index (χ1v) is 6.40. The standard InChI is InChI=1S/C14H19N3O4/c1-17(2)12(18)9-16-14(21)15-8-11-6-4-3-5-10(11)7-13(19)20/h3-6H,7-9H2,1-2H3,(H,19,20)(H2,15,16,21). The molecule has 0 bridgehead atoms. The number of carboxylic acid groups (broad SMARTS) is 1. The van der Waals surface area contributed by atoms with Crippen molar-refractivity contribution < 1.29 is 19.5 Å². The predicted octanol–water partition coefficient (Wildman–Crippen LogP) is 0.201. The third-order valence-electron chi connectivity index (χ3n) is 2.80. The number of nitrogens with zero attached hydrogens (tertiary/aromatic N) is 1. The van der Waals surface area contributed by atoms with Crippen molar-refractivity contribution in [1.29, 1.82) is 0 Å². The van der Waals surface area contributed by atoms with Gasteiger partial charge in [0.2, 0.25) is 5.91 Å². The van der Waals surface area contributed by atoms with Gasteiger partial charge in [-0.1, -0.05) is 24.3 Å². The van der Waals surface area contributed by atoms with Crippen molar-refractivity contribution in [3.63, 3.8) is 0 Å². The molecule has 7 nitrogen and oxygen atoms in total. The molecule has 3 N–H and O–H groups in total. The number of carbonyl (C=O) groups is 3. The van der Waals surface area contributed by atoms with Gasteiger partial charge in [-0.15, -0.1) is 0 Å². The number of carboxylic acids is 1. The molecule has 0 fully saturated rings. The molecule has 1 aromatic carbocycles. The first kappa shape index (κ1) is 16.5. The van der Waals surface area contributed by atoms with Crippen molar-refractivity contribution in [3.8, 4) is 0 Å². The van der Waals surface area contributed by atoms with E-state index in [1.807, 2.05) is 0 Å². The largest absolute Gasteiger partial charge is 0.481 e. The van der Waals surface area contributed by atoms with Crippen molar-refractivity contribution in [3.05, 3.63) is 35.4 Å². The predicted molar refractivity (Wildman–Crippen MR) is 76.7 cm³/mol. The molecule has 114 valence electrons. The molecule has 1 rings (SSSR count). The summed E-state index contributed by atoms with van der Waals surface area (Å²) in [5.74, 6) is -1.14. The smallest absolute Gasteiger partial charge is 0.315 e. The lowest BCUT2D eigenvalue weighted by Crippen LogP contribution is -2.41. The van der Waals surface area contributed by atoms with Gasteiger partial charge in [0.05, 0.1) is 13.0 Å². The monoisotopic (exact) mass is 293 g/mol. The zero-order valence-corrected chi connectivity index (χ0v) is 12.0. The second-order valence-electron chi connectivity index (χ2n) is 4.66. The molecule has 0 unspecified atom stereocenters. The van der Waals surface area contributed by atoms with Gasteiger partial charge >= 0.3 is 12.0 Å². The molecule has 1 aromatic rings. The average molecular weight is 293 g/mol. The molecular weight excluding hydrogens is 274 g/mol. The van der Waals surface area contributed by atoms with E-state index in [0.717, 1.165) is 5.56 Å². The van der Waals surface area contributed by atoms with Crippen LogP contribution >= 0.6 is 0 Å². The zero-order chi connectivity index (χ0) is 15.8. The van der Waals surface area contributed by atoms with Crippen LogP contribution in [0.4, 0.5) is 4.79 Å². The zero-order valence-electron chi connectivity index (χ0n) is 12.0. The summed E-state index contributed by atoms with van der Waals surface area (Å²) < 4.78 is 0. The number of rotatable bonds is 6. The summed E-state index contributed by atoms with van der Waals surface area (Å²) in [6, 6.07) is 6.51. The lowest BCUT2D eigenvalue weighted by atomic mass is 10.0. The molecule has 0 aliphatic heterocycles. The molecule has 0 spiro atoms. The van der Waals surface area contributed by atoms with E-state index in [-0.39, 0.29) is 25.4 Å². The third kappa shape index (κ3) is 5.94. The number of aliphatic carboxylic acids is 1. The van der Waals surface area contributed by atoms with Gasteiger partial charge < -0.3 is 20.6 Å². The fourth-order valence-electron chi connectivity index (χ4n) is 1.62. The van der Waals surface area contributed by atoms with E-state index >= 15 is 0 Å². The average Bonchev–Trinajstić information content (AvgIpc) is 2.43. The summed E-state index contributed by atoms with van der Waals surface area (Å²) in [4.78, 5) is 35.0. The normalized spacial score (nSPS) is 9.81. The number of amides is 3. The van der Waals surface area contributed by atoms with Crippen LogP contribution in [0.25, 0.3) is 0 Å². The quantitative estimate of drug-likeness (QED) is 0.698. The van der Waals surface area contributed by atoms with E-state index in [1.54, 1.807) is 38.4 Å². The van der Waals surface area contributed by atoms with Crippen LogP contribution in [-0.4, -0.2) is 48.6 Å². The Bertz CT molecular complexity index is 529. The minimum absolute atomic E-state index is 0.0877. The minimum Gasteiger partial charge on any atom is -0.481 e. The van der Waals surface area contributed by atoms with Crippen LogP contribution in [0.15, 0.2) is 24.3 Å². The second-order valence-corrected chi connectivity index (χ2v) is 4.66. The Morgan fingerprint density at radius 3 is 2.29 bits per heavy atom. The van der Waals surface area contributed by atoms with Gasteiger partial charge in [-0.05, 0) is 11.1 Å². The summed E-state index contributed by atoms with van der Waals surface area (Å²) >= 11 is 0. The van der Waals surface area contributed by atoms with Crippen LogP contribution in [0.2, 0.25) is 0 Å². The Morgan fingerprint density at radius 1 is 1.10 bits per heavy atom. The highest BCUT2D eigenvalue weighted by atomic mass is 16.4. The van der Waals surface area contributed by atoms with Gasteiger partial charge in [0.15, 0.2) is 0 Å². The molecule has 7 heteroatoms. The number of benzene rings is 1. The Morgan fingerprint density at radius 2 is 1.71 bits per heavy atom. The number of nitrogens with one attached hydrogen (secondary N) is 2. The van der Waals surface area contributed by atoms with Crippen molar-refractivity contribution in [2.24, 2.45) is 0 Å². The van der Waals surface area contributed by atoms with Gasteiger partial charge in [0.25, 0.3) is 0 Å². The first-order chi connectivity index (χ1) is 9.90. The minimum atomic E-state index is -0.927. The molecule has 0 saturated heterocycles. The van der Waals surface area contributed by atoms with Gasteiger partial charge in [0.1, 0.15) is 0 Å². The molecule has 0 aromatic heterocycles. The van der Waals surface area contributed by atoms with Crippen LogP contribution in [-0.2, 0) is 22.6 Å². The molecule has 21 heavy (non-hydrogen) atoms. The van der Waals surface area contributed by atoms with Gasteiger partial charge in [-0.25, -0.2) is 4.79 Å². The molecular formula is C14H19N3O4. The molecule has 0 aliphatic rings. The van der Waals surface area contributed by atoms with Crippen molar-refractivity contribution >= 4 is 17.9 Å². The summed E-state index contributed by atoms with van der Waals surface area (Å²) in [6.07, 6.45) is -0.0986.